The molecule has 0 aliphatic rings. The van der Waals surface area contributed by atoms with Crippen molar-refractivity contribution >= 4 is 11.9 Å². The van der Waals surface area contributed by atoms with Gasteiger partial charge in [0.1, 0.15) is 0 Å². The van der Waals surface area contributed by atoms with Crippen LogP contribution in [-0.2, 0) is 14.3 Å². The molecule has 0 aromatic heterocycles. The Bertz CT molecular complexity index is 582. The molecule has 0 aliphatic heterocycles. The third-order valence-corrected chi connectivity index (χ3v) is 8.50. The lowest BCUT2D eigenvalue weighted by Crippen LogP contribution is -2.21. The van der Waals surface area contributed by atoms with Crippen molar-refractivity contribution in [1.82, 2.24) is 0 Å². The van der Waals surface area contributed by atoms with Crippen molar-refractivity contribution < 1.29 is 14.3 Å². The van der Waals surface area contributed by atoms with Crippen LogP contribution in [0, 0.1) is 5.92 Å². The van der Waals surface area contributed by atoms with Crippen LogP contribution in [0.3, 0.4) is 0 Å². The number of carbonyl (C=O) groups is 2. The molecule has 3 heteroatoms. The minimum Gasteiger partial charge on any atom is -0.393 e. The van der Waals surface area contributed by atoms with Crippen molar-refractivity contribution in [3.8, 4) is 0 Å². The molecule has 1 unspecified atom stereocenters. The molecule has 0 amide bonds. The van der Waals surface area contributed by atoms with Crippen LogP contribution in [0.1, 0.15) is 213 Å². The highest BCUT2D eigenvalue weighted by Crippen LogP contribution is 2.21. The van der Waals surface area contributed by atoms with E-state index >= 15 is 0 Å². The largest absolute Gasteiger partial charge is 0.393 e. The van der Waals surface area contributed by atoms with Crippen LogP contribution < -0.4 is 0 Å². The fourth-order valence-electron chi connectivity index (χ4n) is 5.66. The van der Waals surface area contributed by atoms with Gasteiger partial charge in [0.2, 0.25) is 0 Å². The Morgan fingerprint density at radius 1 is 0.463 bits per heavy atom. The zero-order chi connectivity index (χ0) is 30.1. The average molecular weight is 577 g/mol. The van der Waals surface area contributed by atoms with Gasteiger partial charge in [0, 0.05) is 6.42 Å². The molecule has 0 aromatic carbocycles. The SMILES string of the molecule is CCCCCCCC/C=C\CCCCCCCC(=O)OC(=O)C(CCCCCCCC)CCCCCCCCCC. The predicted octanol–water partition coefficient (Wildman–Crippen LogP) is 13.0. The van der Waals surface area contributed by atoms with Crippen molar-refractivity contribution in [3.05, 3.63) is 12.2 Å². The maximum Gasteiger partial charge on any atom is 0.316 e. The van der Waals surface area contributed by atoms with Crippen molar-refractivity contribution in [2.75, 3.05) is 0 Å². The molecule has 0 spiro atoms. The van der Waals surface area contributed by atoms with E-state index in [0.29, 0.717) is 6.42 Å². The smallest absolute Gasteiger partial charge is 0.316 e. The Morgan fingerprint density at radius 2 is 0.805 bits per heavy atom. The first-order valence-electron chi connectivity index (χ1n) is 18.5. The molecule has 0 aromatic rings. The van der Waals surface area contributed by atoms with Gasteiger partial charge in [0.05, 0.1) is 5.92 Å². The van der Waals surface area contributed by atoms with Crippen LogP contribution in [0.15, 0.2) is 12.2 Å². The van der Waals surface area contributed by atoms with E-state index in [9.17, 15) is 9.59 Å². The highest BCUT2D eigenvalue weighted by Gasteiger charge is 2.22. The van der Waals surface area contributed by atoms with Gasteiger partial charge in [-0.3, -0.25) is 9.59 Å². The van der Waals surface area contributed by atoms with Gasteiger partial charge in [0.25, 0.3) is 0 Å². The zero-order valence-corrected chi connectivity index (χ0v) is 28.2. The van der Waals surface area contributed by atoms with Crippen LogP contribution in [-0.4, -0.2) is 11.9 Å². The van der Waals surface area contributed by atoms with Crippen LogP contribution in [0.5, 0.6) is 0 Å². The predicted molar refractivity (Wildman–Crippen MR) is 179 cm³/mol. The molecule has 0 saturated heterocycles. The van der Waals surface area contributed by atoms with Gasteiger partial charge in [-0.25, -0.2) is 0 Å². The van der Waals surface area contributed by atoms with Crippen molar-refractivity contribution in [2.24, 2.45) is 5.92 Å². The van der Waals surface area contributed by atoms with Crippen LogP contribution >= 0.6 is 0 Å². The molecular formula is C38H72O3. The molecule has 0 aliphatic carbocycles. The number of unbranched alkanes of at least 4 members (excludes halogenated alkanes) is 23. The summed E-state index contributed by atoms with van der Waals surface area (Å²) < 4.78 is 5.36. The number of carbonyl (C=O) groups excluding carboxylic acids is 2. The zero-order valence-electron chi connectivity index (χ0n) is 28.2. The summed E-state index contributed by atoms with van der Waals surface area (Å²) in [5.41, 5.74) is 0. The second-order valence-corrected chi connectivity index (χ2v) is 12.6. The van der Waals surface area contributed by atoms with E-state index in [-0.39, 0.29) is 17.9 Å². The third kappa shape index (κ3) is 30.2. The first-order chi connectivity index (χ1) is 20.2. The monoisotopic (exact) mass is 577 g/mol. The van der Waals surface area contributed by atoms with Crippen LogP contribution in [0.4, 0.5) is 0 Å². The summed E-state index contributed by atoms with van der Waals surface area (Å²) in [5, 5.41) is 0. The summed E-state index contributed by atoms with van der Waals surface area (Å²) in [6, 6.07) is 0. The molecule has 3 nitrogen and oxygen atoms in total. The number of rotatable bonds is 32. The molecule has 0 saturated carbocycles. The van der Waals surface area contributed by atoms with E-state index in [2.05, 4.69) is 32.9 Å². The number of ether oxygens (including phenoxy) is 1. The lowest BCUT2D eigenvalue weighted by atomic mass is 9.94. The van der Waals surface area contributed by atoms with Crippen LogP contribution in [0.2, 0.25) is 0 Å². The summed E-state index contributed by atoms with van der Waals surface area (Å²) in [7, 11) is 0. The highest BCUT2D eigenvalue weighted by molar-refractivity contribution is 5.86. The quantitative estimate of drug-likeness (QED) is 0.0346. The highest BCUT2D eigenvalue weighted by atomic mass is 16.6. The Kier molecular flexibility index (Phi) is 32.5. The summed E-state index contributed by atoms with van der Waals surface area (Å²) in [6.45, 7) is 6.77. The first kappa shape index (κ1) is 39.9. The van der Waals surface area contributed by atoms with E-state index in [0.717, 1.165) is 44.9 Å². The number of hydrogen-bond acceptors (Lipinski definition) is 3. The van der Waals surface area contributed by atoms with Crippen LogP contribution in [0.25, 0.3) is 0 Å². The molecule has 0 rings (SSSR count). The first-order valence-corrected chi connectivity index (χ1v) is 18.5. The molecule has 0 heterocycles. The third-order valence-electron chi connectivity index (χ3n) is 8.50. The minimum atomic E-state index is -0.309. The van der Waals surface area contributed by atoms with Gasteiger partial charge in [0.15, 0.2) is 0 Å². The summed E-state index contributed by atoms with van der Waals surface area (Å²) in [4.78, 5) is 25.3. The average Bonchev–Trinajstić information content (AvgIpc) is 2.97. The van der Waals surface area contributed by atoms with E-state index in [1.807, 2.05) is 0 Å². The van der Waals surface area contributed by atoms with Crippen molar-refractivity contribution in [2.45, 2.75) is 213 Å². The molecule has 0 bridgehead atoms. The van der Waals surface area contributed by atoms with Crippen molar-refractivity contribution in [1.29, 1.82) is 0 Å². The fourth-order valence-corrected chi connectivity index (χ4v) is 5.66. The molecule has 0 fully saturated rings. The molecule has 1 atom stereocenters. The van der Waals surface area contributed by atoms with Gasteiger partial charge in [-0.1, -0.05) is 174 Å². The molecular weight excluding hydrogens is 504 g/mol. The van der Waals surface area contributed by atoms with Gasteiger partial charge in [-0.2, -0.15) is 0 Å². The number of hydrogen-bond donors (Lipinski definition) is 0. The standard InChI is InChI=1S/C38H72O3/c1-4-7-10-13-16-18-19-20-21-22-23-24-26-29-32-35-37(39)41-38(40)36(33-30-27-15-12-9-6-3)34-31-28-25-17-14-11-8-5-2/h20-21,36H,4-19,22-35H2,1-3H3/b21-20-. The lowest BCUT2D eigenvalue weighted by Gasteiger charge is -2.15. The maximum absolute atomic E-state index is 12.9. The normalized spacial score (nSPS) is 12.3. The van der Waals surface area contributed by atoms with E-state index in [4.69, 9.17) is 4.74 Å². The van der Waals surface area contributed by atoms with Gasteiger partial charge < -0.3 is 4.74 Å². The van der Waals surface area contributed by atoms with Gasteiger partial charge in [-0.05, 0) is 44.9 Å². The van der Waals surface area contributed by atoms with E-state index in [1.165, 1.54) is 141 Å². The second kappa shape index (κ2) is 33.4. The summed E-state index contributed by atoms with van der Waals surface area (Å²) in [6.07, 6.45) is 40.4. The fraction of sp³-hybridized carbons (Fsp3) is 0.895. The number of esters is 2. The second-order valence-electron chi connectivity index (χ2n) is 12.6. The Labute approximate surface area is 257 Å². The van der Waals surface area contributed by atoms with Crippen molar-refractivity contribution in [3.63, 3.8) is 0 Å². The Hall–Kier alpha value is -1.12. The summed E-state index contributed by atoms with van der Waals surface area (Å²) >= 11 is 0. The molecule has 41 heavy (non-hydrogen) atoms. The van der Waals surface area contributed by atoms with E-state index in [1.54, 1.807) is 0 Å². The minimum absolute atomic E-state index is 0.0978. The summed E-state index contributed by atoms with van der Waals surface area (Å²) in [5.74, 6) is -0.657. The topological polar surface area (TPSA) is 43.4 Å². The molecule has 0 radical (unpaired) electrons. The number of allylic oxidation sites excluding steroid dienone is 2. The molecule has 242 valence electrons. The van der Waals surface area contributed by atoms with E-state index < -0.39 is 0 Å². The Morgan fingerprint density at radius 3 is 1.22 bits per heavy atom. The lowest BCUT2D eigenvalue weighted by molar-refractivity contribution is -0.163. The Balaban J connectivity index is 4.03. The maximum atomic E-state index is 12.9. The van der Waals surface area contributed by atoms with Gasteiger partial charge >= 0.3 is 11.9 Å². The molecule has 0 N–H and O–H groups in total. The van der Waals surface area contributed by atoms with Gasteiger partial charge in [-0.15, -0.1) is 0 Å².